The maximum absolute atomic E-state index is 13.9. The van der Waals surface area contributed by atoms with E-state index in [1.165, 1.54) is 24.3 Å². The summed E-state index contributed by atoms with van der Waals surface area (Å²) < 4.78 is 26.5. The second-order valence-electron chi connectivity index (χ2n) is 7.93. The molecule has 4 nitrogen and oxygen atoms in total. The van der Waals surface area contributed by atoms with Crippen molar-refractivity contribution in [1.82, 2.24) is 0 Å². The average molecular weight is 544 g/mol. The minimum Gasteiger partial charge on any atom is -0.326 e. The van der Waals surface area contributed by atoms with Gasteiger partial charge in [0.25, 0.3) is 5.91 Å². The molecule has 3 aromatic carbocycles. The Morgan fingerprint density at radius 1 is 0.941 bits per heavy atom. The number of anilines is 2. The van der Waals surface area contributed by atoms with Crippen molar-refractivity contribution in [3.8, 4) is 0 Å². The number of nitrogens with one attached hydrogen (secondary N) is 2. The van der Waals surface area contributed by atoms with E-state index in [1.54, 1.807) is 12.1 Å². The predicted octanol–water partition coefficient (Wildman–Crippen LogP) is 7.36. The molecule has 2 atom stereocenters. The Bertz CT molecular complexity index is 1280. The molecule has 0 saturated heterocycles. The fourth-order valence-electron chi connectivity index (χ4n) is 3.81. The lowest BCUT2D eigenvalue weighted by atomic mass is 10.1. The molecule has 2 amide bonds. The second-order valence-corrected chi connectivity index (χ2v) is 10.2. The van der Waals surface area contributed by atoms with E-state index in [1.807, 2.05) is 13.0 Å². The fourth-order valence-corrected chi connectivity index (χ4v) is 5.14. The lowest BCUT2D eigenvalue weighted by Gasteiger charge is -2.11. The van der Waals surface area contributed by atoms with Gasteiger partial charge >= 0.3 is 0 Å². The molecule has 3 aromatic rings. The van der Waals surface area contributed by atoms with E-state index in [9.17, 15) is 18.4 Å². The van der Waals surface area contributed by atoms with Crippen molar-refractivity contribution < 1.29 is 18.4 Å². The van der Waals surface area contributed by atoms with Crippen molar-refractivity contribution in [3.63, 3.8) is 0 Å². The fraction of sp³-hybridized carbons (Fsp3) is 0.167. The Balaban J connectivity index is 1.53. The molecule has 0 aromatic heterocycles. The molecule has 2 N–H and O–H groups in total. The third kappa shape index (κ3) is 4.86. The van der Waals surface area contributed by atoms with Crippen molar-refractivity contribution in [3.05, 3.63) is 93.0 Å². The number of rotatable bonds is 5. The van der Waals surface area contributed by atoms with E-state index in [0.29, 0.717) is 5.02 Å². The quantitative estimate of drug-likeness (QED) is 0.330. The van der Waals surface area contributed by atoms with Gasteiger partial charge in [-0.15, -0.1) is 23.2 Å². The normalized spacial score (nSPS) is 18.3. The monoisotopic (exact) mass is 542 g/mol. The van der Waals surface area contributed by atoms with Gasteiger partial charge < -0.3 is 10.6 Å². The largest absolute Gasteiger partial charge is 0.326 e. The summed E-state index contributed by atoms with van der Waals surface area (Å²) in [5, 5.41) is 5.36. The predicted molar refractivity (Wildman–Crippen MR) is 131 cm³/mol. The number of hydrogen-bond donors (Lipinski definition) is 2. The number of benzene rings is 3. The van der Waals surface area contributed by atoms with E-state index in [0.717, 1.165) is 23.3 Å². The van der Waals surface area contributed by atoms with Gasteiger partial charge in [0, 0.05) is 16.6 Å². The maximum Gasteiger partial charge on any atom is 0.257 e. The molecule has 1 fully saturated rings. The van der Waals surface area contributed by atoms with Crippen LogP contribution in [0.25, 0.3) is 0 Å². The van der Waals surface area contributed by atoms with Crippen LogP contribution in [0.4, 0.5) is 20.2 Å². The summed E-state index contributed by atoms with van der Waals surface area (Å²) in [5.41, 5.74) is 1.16. The minimum atomic E-state index is -1.34. The van der Waals surface area contributed by atoms with E-state index < -0.39 is 45.3 Å². The standard InChI is InChI=1S/C24H16Cl4F2N2O2/c1-11-7-12(9-13(25)8-11)19-20(24(19,27)28)23(34)31-14-5-6-16(26)15(10-14)22(33)32-21-17(29)3-2-4-18(21)30/h2-10,19-20H,1H3,(H,31,34)(H,32,33)/t19-,20+/m0/s1. The molecule has 34 heavy (non-hydrogen) atoms. The smallest absolute Gasteiger partial charge is 0.257 e. The maximum atomic E-state index is 13.9. The number of hydrogen-bond acceptors (Lipinski definition) is 2. The van der Waals surface area contributed by atoms with Gasteiger partial charge in [-0.2, -0.15) is 0 Å². The highest BCUT2D eigenvalue weighted by atomic mass is 35.5. The van der Waals surface area contributed by atoms with E-state index in [4.69, 9.17) is 46.4 Å². The highest BCUT2D eigenvalue weighted by Gasteiger charge is 2.67. The first-order valence-electron chi connectivity index (χ1n) is 9.99. The number of para-hydroxylation sites is 1. The van der Waals surface area contributed by atoms with Gasteiger partial charge in [-0.05, 0) is 60.5 Å². The van der Waals surface area contributed by atoms with Gasteiger partial charge in [-0.3, -0.25) is 9.59 Å². The van der Waals surface area contributed by atoms with Crippen LogP contribution < -0.4 is 10.6 Å². The van der Waals surface area contributed by atoms with E-state index >= 15 is 0 Å². The Morgan fingerprint density at radius 3 is 2.26 bits per heavy atom. The first kappa shape index (κ1) is 24.7. The molecule has 0 aliphatic heterocycles. The van der Waals surface area contributed by atoms with Crippen LogP contribution in [0.3, 0.4) is 0 Å². The summed E-state index contributed by atoms with van der Waals surface area (Å²) in [6.45, 7) is 1.87. The first-order valence-corrected chi connectivity index (χ1v) is 11.5. The topological polar surface area (TPSA) is 58.2 Å². The van der Waals surface area contributed by atoms with E-state index in [2.05, 4.69) is 10.6 Å². The molecule has 10 heteroatoms. The van der Waals surface area contributed by atoms with Crippen molar-refractivity contribution in [2.75, 3.05) is 10.6 Å². The molecule has 0 unspecified atom stereocenters. The summed E-state index contributed by atoms with van der Waals surface area (Å²) in [6, 6.07) is 12.7. The molecule has 0 spiro atoms. The lowest BCUT2D eigenvalue weighted by Crippen LogP contribution is -2.18. The Labute approximate surface area is 214 Å². The summed E-state index contributed by atoms with van der Waals surface area (Å²) in [7, 11) is 0. The highest BCUT2D eigenvalue weighted by Crippen LogP contribution is 2.65. The number of halogens is 6. The van der Waals surface area contributed by atoms with Crippen LogP contribution in [-0.2, 0) is 4.79 Å². The van der Waals surface area contributed by atoms with Gasteiger partial charge in [-0.25, -0.2) is 8.78 Å². The summed E-state index contributed by atoms with van der Waals surface area (Å²) in [4.78, 5) is 25.6. The average Bonchev–Trinajstić information content (AvgIpc) is 3.33. The van der Waals surface area contributed by atoms with Gasteiger partial charge in [0.2, 0.25) is 5.91 Å². The lowest BCUT2D eigenvalue weighted by molar-refractivity contribution is -0.117. The molecule has 0 radical (unpaired) electrons. The molecule has 4 rings (SSSR count). The number of carbonyl (C=O) groups excluding carboxylic acids is 2. The Morgan fingerprint density at radius 2 is 1.62 bits per heavy atom. The van der Waals surface area contributed by atoms with Gasteiger partial charge in [-0.1, -0.05) is 35.3 Å². The second kappa shape index (κ2) is 9.34. The highest BCUT2D eigenvalue weighted by molar-refractivity contribution is 6.53. The van der Waals surface area contributed by atoms with Gasteiger partial charge in [0.15, 0.2) is 0 Å². The van der Waals surface area contributed by atoms with Crippen LogP contribution in [0, 0.1) is 24.5 Å². The molecule has 1 saturated carbocycles. The van der Waals surface area contributed by atoms with Gasteiger partial charge in [0.05, 0.1) is 16.5 Å². The van der Waals surface area contributed by atoms with E-state index in [-0.39, 0.29) is 16.3 Å². The number of amides is 2. The van der Waals surface area contributed by atoms with Crippen molar-refractivity contribution in [1.29, 1.82) is 0 Å². The summed E-state index contributed by atoms with van der Waals surface area (Å²) in [6.07, 6.45) is 0. The molecule has 0 bridgehead atoms. The van der Waals surface area contributed by atoms with Crippen LogP contribution in [0.1, 0.15) is 27.4 Å². The van der Waals surface area contributed by atoms with Crippen LogP contribution in [0.15, 0.2) is 54.6 Å². The van der Waals surface area contributed by atoms with Crippen molar-refractivity contribution >= 4 is 69.6 Å². The third-order valence-electron chi connectivity index (χ3n) is 5.44. The Hall–Kier alpha value is -2.38. The molecular weight excluding hydrogens is 528 g/mol. The zero-order chi connectivity index (χ0) is 24.8. The zero-order valence-corrected chi connectivity index (χ0v) is 20.5. The molecule has 176 valence electrons. The number of aryl methyl sites for hydroxylation is 1. The van der Waals surface area contributed by atoms with Gasteiger partial charge in [0.1, 0.15) is 21.7 Å². The van der Waals surface area contributed by atoms with Crippen LogP contribution in [0.5, 0.6) is 0 Å². The number of alkyl halides is 2. The minimum absolute atomic E-state index is 0.0231. The van der Waals surface area contributed by atoms with Crippen molar-refractivity contribution in [2.45, 2.75) is 17.2 Å². The molecular formula is C24H16Cl4F2N2O2. The summed E-state index contributed by atoms with van der Waals surface area (Å²) >= 11 is 25.0. The van der Waals surface area contributed by atoms with Crippen LogP contribution in [-0.4, -0.2) is 16.1 Å². The molecule has 1 aliphatic carbocycles. The van der Waals surface area contributed by atoms with Crippen LogP contribution in [0.2, 0.25) is 10.0 Å². The molecule has 1 aliphatic rings. The Kier molecular flexibility index (Phi) is 6.80. The van der Waals surface area contributed by atoms with Crippen LogP contribution >= 0.6 is 46.4 Å². The number of carbonyl (C=O) groups is 2. The SMILES string of the molecule is Cc1cc(Cl)cc([C@H]2[C@H](C(=O)Nc3ccc(Cl)c(C(=O)Nc4c(F)cccc4F)c3)C2(Cl)Cl)c1. The van der Waals surface area contributed by atoms with Crippen molar-refractivity contribution in [2.24, 2.45) is 5.92 Å². The molecule has 0 heterocycles. The summed E-state index contributed by atoms with van der Waals surface area (Å²) in [5.74, 6) is -4.45. The zero-order valence-electron chi connectivity index (χ0n) is 17.4. The first-order chi connectivity index (χ1) is 16.0. The third-order valence-corrected chi connectivity index (χ3v) is 6.93.